The van der Waals surface area contributed by atoms with Gasteiger partial charge in [-0.05, 0) is 42.0 Å². The summed E-state index contributed by atoms with van der Waals surface area (Å²) in [6.45, 7) is 3.06. The van der Waals surface area contributed by atoms with Crippen LogP contribution in [0.4, 0.5) is 5.69 Å². The van der Waals surface area contributed by atoms with Crippen molar-refractivity contribution in [1.29, 1.82) is 0 Å². The SMILES string of the molecule is COc1ccccc1N1CCN(C(=O)c2ccc(Cn3nnc4ccccc4c3=O)cc2)CC1. The third-order valence-electron chi connectivity index (χ3n) is 6.16. The molecule has 1 saturated heterocycles. The Labute approximate surface area is 197 Å². The highest BCUT2D eigenvalue weighted by molar-refractivity contribution is 5.94. The summed E-state index contributed by atoms with van der Waals surface area (Å²) in [6.07, 6.45) is 0. The number of carbonyl (C=O) groups is 1. The van der Waals surface area contributed by atoms with E-state index < -0.39 is 0 Å². The minimum Gasteiger partial charge on any atom is -0.495 e. The first kappa shape index (κ1) is 21.6. The first-order valence-corrected chi connectivity index (χ1v) is 11.2. The van der Waals surface area contributed by atoms with E-state index in [1.807, 2.05) is 65.6 Å². The standard InChI is InChI=1S/C26H25N5O3/c1-34-24-9-5-4-8-23(24)29-14-16-30(17-15-29)25(32)20-12-10-19(11-13-20)18-31-26(33)21-6-2-3-7-22(21)27-28-31/h2-13H,14-18H2,1H3. The van der Waals surface area contributed by atoms with Crippen molar-refractivity contribution in [3.63, 3.8) is 0 Å². The van der Waals surface area contributed by atoms with Gasteiger partial charge in [0.2, 0.25) is 0 Å². The van der Waals surface area contributed by atoms with Crippen molar-refractivity contribution in [3.8, 4) is 5.75 Å². The second-order valence-corrected chi connectivity index (χ2v) is 8.22. The van der Waals surface area contributed by atoms with Gasteiger partial charge in [-0.2, -0.15) is 0 Å². The molecule has 1 aliphatic rings. The molecule has 0 spiro atoms. The number of carbonyl (C=O) groups excluding carboxylic acids is 1. The molecule has 8 heteroatoms. The Morgan fingerprint density at radius 1 is 0.912 bits per heavy atom. The third-order valence-corrected chi connectivity index (χ3v) is 6.16. The molecular formula is C26H25N5O3. The van der Waals surface area contributed by atoms with E-state index >= 15 is 0 Å². The van der Waals surface area contributed by atoms with Gasteiger partial charge in [0.15, 0.2) is 0 Å². The van der Waals surface area contributed by atoms with E-state index in [2.05, 4.69) is 15.2 Å². The number of para-hydroxylation sites is 2. The van der Waals surface area contributed by atoms with Crippen molar-refractivity contribution in [1.82, 2.24) is 19.9 Å². The summed E-state index contributed by atoms with van der Waals surface area (Å²) in [5.74, 6) is 0.849. The van der Waals surface area contributed by atoms with Crippen LogP contribution >= 0.6 is 0 Å². The first-order valence-electron chi connectivity index (χ1n) is 11.2. The van der Waals surface area contributed by atoms with Crippen molar-refractivity contribution in [2.45, 2.75) is 6.54 Å². The quantitative estimate of drug-likeness (QED) is 0.460. The van der Waals surface area contributed by atoms with Crippen LogP contribution in [0.5, 0.6) is 5.75 Å². The molecule has 172 valence electrons. The van der Waals surface area contributed by atoms with Gasteiger partial charge in [-0.15, -0.1) is 5.10 Å². The molecular weight excluding hydrogens is 430 g/mol. The fourth-order valence-electron chi connectivity index (χ4n) is 4.28. The zero-order valence-corrected chi connectivity index (χ0v) is 18.9. The number of methoxy groups -OCH3 is 1. The summed E-state index contributed by atoms with van der Waals surface area (Å²) < 4.78 is 6.82. The second-order valence-electron chi connectivity index (χ2n) is 8.22. The van der Waals surface area contributed by atoms with E-state index in [-0.39, 0.29) is 11.5 Å². The van der Waals surface area contributed by atoms with Crippen LogP contribution in [-0.4, -0.2) is 59.1 Å². The number of fused-ring (bicyclic) bond motifs is 1. The number of hydrogen-bond donors (Lipinski definition) is 0. The summed E-state index contributed by atoms with van der Waals surface area (Å²) in [6, 6.07) is 22.4. The van der Waals surface area contributed by atoms with Crippen LogP contribution in [0.15, 0.2) is 77.6 Å². The van der Waals surface area contributed by atoms with Crippen LogP contribution in [0.2, 0.25) is 0 Å². The molecule has 8 nitrogen and oxygen atoms in total. The lowest BCUT2D eigenvalue weighted by Gasteiger charge is -2.36. The molecule has 2 heterocycles. The average molecular weight is 456 g/mol. The Morgan fingerprint density at radius 2 is 1.62 bits per heavy atom. The largest absolute Gasteiger partial charge is 0.495 e. The van der Waals surface area contributed by atoms with Crippen molar-refractivity contribution in [2.24, 2.45) is 0 Å². The smallest absolute Gasteiger partial charge is 0.277 e. The molecule has 1 amide bonds. The van der Waals surface area contributed by atoms with Gasteiger partial charge in [0.05, 0.1) is 24.7 Å². The van der Waals surface area contributed by atoms with Gasteiger partial charge >= 0.3 is 0 Å². The van der Waals surface area contributed by atoms with Gasteiger partial charge in [0.25, 0.3) is 11.5 Å². The number of ether oxygens (including phenoxy) is 1. The maximum atomic E-state index is 13.0. The lowest BCUT2D eigenvalue weighted by atomic mass is 10.1. The van der Waals surface area contributed by atoms with E-state index in [4.69, 9.17) is 4.74 Å². The maximum absolute atomic E-state index is 13.0. The van der Waals surface area contributed by atoms with Crippen LogP contribution < -0.4 is 15.2 Å². The van der Waals surface area contributed by atoms with Gasteiger partial charge in [-0.1, -0.05) is 41.6 Å². The predicted molar refractivity (Wildman–Crippen MR) is 130 cm³/mol. The van der Waals surface area contributed by atoms with E-state index in [0.717, 1.165) is 30.1 Å². The number of nitrogens with zero attached hydrogens (tertiary/aromatic N) is 5. The summed E-state index contributed by atoms with van der Waals surface area (Å²) in [7, 11) is 1.67. The highest BCUT2D eigenvalue weighted by Gasteiger charge is 2.23. The van der Waals surface area contributed by atoms with E-state index in [1.165, 1.54) is 4.68 Å². The molecule has 1 fully saturated rings. The van der Waals surface area contributed by atoms with E-state index in [9.17, 15) is 9.59 Å². The van der Waals surface area contributed by atoms with Gasteiger partial charge in [0.1, 0.15) is 11.3 Å². The minimum atomic E-state index is -0.182. The molecule has 1 aliphatic heterocycles. The summed E-state index contributed by atoms with van der Waals surface area (Å²) in [5.41, 5.74) is 2.96. The van der Waals surface area contributed by atoms with Gasteiger partial charge < -0.3 is 14.5 Å². The molecule has 0 bridgehead atoms. The normalized spacial score (nSPS) is 13.8. The van der Waals surface area contributed by atoms with Gasteiger partial charge in [0, 0.05) is 31.7 Å². The zero-order chi connectivity index (χ0) is 23.5. The van der Waals surface area contributed by atoms with Crippen molar-refractivity contribution < 1.29 is 9.53 Å². The van der Waals surface area contributed by atoms with Crippen molar-refractivity contribution >= 4 is 22.5 Å². The van der Waals surface area contributed by atoms with Crippen LogP contribution in [0.3, 0.4) is 0 Å². The fourth-order valence-corrected chi connectivity index (χ4v) is 4.28. The van der Waals surface area contributed by atoms with Crippen LogP contribution in [-0.2, 0) is 6.54 Å². The van der Waals surface area contributed by atoms with Crippen LogP contribution in [0.25, 0.3) is 10.9 Å². The molecule has 34 heavy (non-hydrogen) atoms. The van der Waals surface area contributed by atoms with Crippen LogP contribution in [0.1, 0.15) is 15.9 Å². The number of piperazine rings is 1. The molecule has 0 N–H and O–H groups in total. The zero-order valence-electron chi connectivity index (χ0n) is 18.9. The molecule has 5 rings (SSSR count). The van der Waals surface area contributed by atoms with Gasteiger partial charge in [-0.3, -0.25) is 9.59 Å². The lowest BCUT2D eigenvalue weighted by molar-refractivity contribution is 0.0746. The number of amides is 1. The molecule has 0 saturated carbocycles. The Balaban J connectivity index is 1.24. The van der Waals surface area contributed by atoms with Crippen molar-refractivity contribution in [3.05, 3.63) is 94.3 Å². The molecule has 4 aromatic rings. The van der Waals surface area contributed by atoms with Crippen molar-refractivity contribution in [2.75, 3.05) is 38.2 Å². The van der Waals surface area contributed by atoms with E-state index in [0.29, 0.717) is 36.1 Å². The topological polar surface area (TPSA) is 80.6 Å². The molecule has 0 atom stereocenters. The number of anilines is 1. The molecule has 0 unspecified atom stereocenters. The monoisotopic (exact) mass is 455 g/mol. The lowest BCUT2D eigenvalue weighted by Crippen LogP contribution is -2.48. The predicted octanol–water partition coefficient (Wildman–Crippen LogP) is 2.81. The molecule has 0 aliphatic carbocycles. The average Bonchev–Trinajstić information content (AvgIpc) is 2.90. The van der Waals surface area contributed by atoms with Gasteiger partial charge in [-0.25, -0.2) is 4.68 Å². The second kappa shape index (κ2) is 9.35. The number of benzene rings is 3. The summed E-state index contributed by atoms with van der Waals surface area (Å²) in [5, 5.41) is 8.71. The number of aromatic nitrogens is 3. The van der Waals surface area contributed by atoms with Crippen LogP contribution in [0, 0.1) is 0 Å². The van der Waals surface area contributed by atoms with E-state index in [1.54, 1.807) is 19.2 Å². The number of hydrogen-bond acceptors (Lipinski definition) is 6. The molecule has 0 radical (unpaired) electrons. The first-order chi connectivity index (χ1) is 16.6. The Hall–Kier alpha value is -4.20. The Bertz CT molecular complexity index is 1380. The highest BCUT2D eigenvalue weighted by Crippen LogP contribution is 2.28. The maximum Gasteiger partial charge on any atom is 0.277 e. The summed E-state index contributed by atoms with van der Waals surface area (Å²) in [4.78, 5) is 29.8. The number of rotatable bonds is 5. The Morgan fingerprint density at radius 3 is 2.38 bits per heavy atom. The minimum absolute atomic E-state index is 0.00823. The molecule has 1 aromatic heterocycles. The Kier molecular flexibility index (Phi) is 5.95. The highest BCUT2D eigenvalue weighted by atomic mass is 16.5. The molecule has 3 aromatic carbocycles. The third kappa shape index (κ3) is 4.22. The fraction of sp³-hybridized carbons (Fsp3) is 0.231. The summed E-state index contributed by atoms with van der Waals surface area (Å²) >= 11 is 0.